The van der Waals surface area contributed by atoms with Crippen molar-refractivity contribution in [2.24, 2.45) is 5.73 Å². The van der Waals surface area contributed by atoms with Gasteiger partial charge in [-0.1, -0.05) is 50.2 Å². The van der Waals surface area contributed by atoms with Gasteiger partial charge in [0.2, 0.25) is 0 Å². The van der Waals surface area contributed by atoms with Gasteiger partial charge in [0.1, 0.15) is 5.75 Å². The van der Waals surface area contributed by atoms with Crippen molar-refractivity contribution >= 4 is 0 Å². The lowest BCUT2D eigenvalue weighted by Gasteiger charge is -2.15. The third-order valence-electron chi connectivity index (χ3n) is 4.03. The van der Waals surface area contributed by atoms with E-state index in [0.717, 1.165) is 29.9 Å². The Balaban J connectivity index is 1.86. The lowest BCUT2D eigenvalue weighted by atomic mass is 9.94. The zero-order chi connectivity index (χ0) is 14.1. The molecule has 1 atom stereocenters. The Morgan fingerprint density at radius 3 is 2.30 bits per heavy atom. The Bertz CT molecular complexity index is 601. The summed E-state index contributed by atoms with van der Waals surface area (Å²) in [5.74, 6) is 1.56. The molecule has 0 spiro atoms. The molecule has 0 saturated carbocycles. The lowest BCUT2D eigenvalue weighted by molar-refractivity contribution is 0.357. The fourth-order valence-electron chi connectivity index (χ4n) is 2.68. The molecule has 1 unspecified atom stereocenters. The van der Waals surface area contributed by atoms with Gasteiger partial charge in [0.15, 0.2) is 0 Å². The van der Waals surface area contributed by atoms with Crippen molar-refractivity contribution in [3.63, 3.8) is 0 Å². The normalized spacial score (nSPS) is 15.0. The first-order chi connectivity index (χ1) is 9.65. The summed E-state index contributed by atoms with van der Waals surface area (Å²) in [5, 5.41) is 0. The standard InChI is InChI=1S/C18H21NO/c1-12(2)13-3-5-14(6-4-13)18(19)16-7-8-17-15(11-16)9-10-20-17/h3-8,11-12,18H,9-10,19H2,1-2H3. The SMILES string of the molecule is CC(C)c1ccc(C(N)c2ccc3c(c2)CCO3)cc1. The minimum atomic E-state index is -0.0675. The van der Waals surface area contributed by atoms with Gasteiger partial charge in [0, 0.05) is 6.42 Å². The molecule has 0 aliphatic carbocycles. The summed E-state index contributed by atoms with van der Waals surface area (Å²) in [6.45, 7) is 5.20. The van der Waals surface area contributed by atoms with E-state index in [4.69, 9.17) is 10.5 Å². The van der Waals surface area contributed by atoms with Crippen LogP contribution >= 0.6 is 0 Å². The average molecular weight is 267 g/mol. The topological polar surface area (TPSA) is 35.2 Å². The molecule has 1 heterocycles. The zero-order valence-corrected chi connectivity index (χ0v) is 12.1. The van der Waals surface area contributed by atoms with Crippen molar-refractivity contribution in [2.45, 2.75) is 32.2 Å². The first-order valence-corrected chi connectivity index (χ1v) is 7.26. The molecule has 0 bridgehead atoms. The fourth-order valence-corrected chi connectivity index (χ4v) is 2.68. The minimum Gasteiger partial charge on any atom is -0.493 e. The van der Waals surface area contributed by atoms with Crippen LogP contribution in [0.5, 0.6) is 5.75 Å². The van der Waals surface area contributed by atoms with Crippen LogP contribution in [0.2, 0.25) is 0 Å². The van der Waals surface area contributed by atoms with Gasteiger partial charge < -0.3 is 10.5 Å². The van der Waals surface area contributed by atoms with E-state index in [1.54, 1.807) is 0 Å². The highest BCUT2D eigenvalue weighted by Gasteiger charge is 2.15. The van der Waals surface area contributed by atoms with E-state index < -0.39 is 0 Å². The summed E-state index contributed by atoms with van der Waals surface area (Å²) in [6, 6.07) is 14.9. The van der Waals surface area contributed by atoms with Gasteiger partial charge in [-0.2, -0.15) is 0 Å². The predicted molar refractivity (Wildman–Crippen MR) is 82.2 cm³/mol. The van der Waals surface area contributed by atoms with Crippen molar-refractivity contribution in [2.75, 3.05) is 6.61 Å². The molecule has 0 radical (unpaired) electrons. The largest absolute Gasteiger partial charge is 0.493 e. The van der Waals surface area contributed by atoms with E-state index in [-0.39, 0.29) is 6.04 Å². The maximum Gasteiger partial charge on any atom is 0.122 e. The maximum atomic E-state index is 6.40. The molecule has 0 aromatic heterocycles. The predicted octanol–water partition coefficient (Wildman–Crippen LogP) is 3.79. The third kappa shape index (κ3) is 2.44. The van der Waals surface area contributed by atoms with Crippen LogP contribution in [0.1, 0.15) is 48.1 Å². The summed E-state index contributed by atoms with van der Waals surface area (Å²) in [7, 11) is 0. The smallest absolute Gasteiger partial charge is 0.122 e. The first-order valence-electron chi connectivity index (χ1n) is 7.26. The van der Waals surface area contributed by atoms with Gasteiger partial charge in [-0.25, -0.2) is 0 Å². The van der Waals surface area contributed by atoms with E-state index in [9.17, 15) is 0 Å². The molecule has 2 N–H and O–H groups in total. The van der Waals surface area contributed by atoms with E-state index in [2.05, 4.69) is 50.2 Å². The highest BCUT2D eigenvalue weighted by atomic mass is 16.5. The molecule has 0 amide bonds. The minimum absolute atomic E-state index is 0.0675. The fraction of sp³-hybridized carbons (Fsp3) is 0.333. The summed E-state index contributed by atoms with van der Waals surface area (Å²) in [4.78, 5) is 0. The molecule has 3 rings (SSSR count). The van der Waals surface area contributed by atoms with Gasteiger partial charge in [-0.15, -0.1) is 0 Å². The van der Waals surface area contributed by atoms with Crippen LogP contribution < -0.4 is 10.5 Å². The highest BCUT2D eigenvalue weighted by molar-refractivity contribution is 5.43. The van der Waals surface area contributed by atoms with Crippen molar-refractivity contribution in [3.8, 4) is 5.75 Å². The Morgan fingerprint density at radius 1 is 0.950 bits per heavy atom. The van der Waals surface area contributed by atoms with Crippen LogP contribution in [0.15, 0.2) is 42.5 Å². The molecule has 20 heavy (non-hydrogen) atoms. The number of hydrogen-bond donors (Lipinski definition) is 1. The number of benzene rings is 2. The number of hydrogen-bond acceptors (Lipinski definition) is 2. The highest BCUT2D eigenvalue weighted by Crippen LogP contribution is 2.30. The van der Waals surface area contributed by atoms with Gasteiger partial charge in [-0.05, 0) is 34.2 Å². The molecular formula is C18H21NO. The van der Waals surface area contributed by atoms with Gasteiger partial charge >= 0.3 is 0 Å². The number of nitrogens with two attached hydrogens (primary N) is 1. The average Bonchev–Trinajstić information content (AvgIpc) is 2.94. The summed E-state index contributed by atoms with van der Waals surface area (Å²) < 4.78 is 5.54. The van der Waals surface area contributed by atoms with Crippen molar-refractivity contribution in [1.29, 1.82) is 0 Å². The van der Waals surface area contributed by atoms with Crippen molar-refractivity contribution in [1.82, 2.24) is 0 Å². The van der Waals surface area contributed by atoms with Crippen LogP contribution in [0.4, 0.5) is 0 Å². The third-order valence-corrected chi connectivity index (χ3v) is 4.03. The summed E-state index contributed by atoms with van der Waals surface area (Å²) in [5.41, 5.74) is 11.3. The van der Waals surface area contributed by atoms with Gasteiger partial charge in [0.05, 0.1) is 12.6 Å². The molecule has 0 saturated heterocycles. The molecule has 1 aliphatic heterocycles. The first kappa shape index (κ1) is 13.2. The Morgan fingerprint density at radius 2 is 1.60 bits per heavy atom. The number of ether oxygens (including phenoxy) is 1. The van der Waals surface area contributed by atoms with Crippen LogP contribution in [0.25, 0.3) is 0 Å². The molecular weight excluding hydrogens is 246 g/mol. The Kier molecular flexibility index (Phi) is 3.49. The molecule has 2 aromatic rings. The number of fused-ring (bicyclic) bond motifs is 1. The molecule has 0 fully saturated rings. The Labute approximate surface area is 120 Å². The molecule has 2 nitrogen and oxygen atoms in total. The maximum absolute atomic E-state index is 6.40. The van der Waals surface area contributed by atoms with Crippen LogP contribution in [-0.2, 0) is 6.42 Å². The molecule has 1 aliphatic rings. The van der Waals surface area contributed by atoms with Crippen LogP contribution in [-0.4, -0.2) is 6.61 Å². The monoisotopic (exact) mass is 267 g/mol. The molecule has 104 valence electrons. The number of rotatable bonds is 3. The zero-order valence-electron chi connectivity index (χ0n) is 12.1. The Hall–Kier alpha value is -1.80. The van der Waals surface area contributed by atoms with Gasteiger partial charge in [0.25, 0.3) is 0 Å². The quantitative estimate of drug-likeness (QED) is 0.918. The van der Waals surface area contributed by atoms with E-state index in [1.165, 1.54) is 11.1 Å². The van der Waals surface area contributed by atoms with Crippen molar-refractivity contribution < 1.29 is 4.74 Å². The molecule has 2 heteroatoms. The summed E-state index contributed by atoms with van der Waals surface area (Å²) in [6.07, 6.45) is 0.988. The van der Waals surface area contributed by atoms with Crippen LogP contribution in [0, 0.1) is 0 Å². The summed E-state index contributed by atoms with van der Waals surface area (Å²) >= 11 is 0. The van der Waals surface area contributed by atoms with Crippen molar-refractivity contribution in [3.05, 3.63) is 64.7 Å². The van der Waals surface area contributed by atoms with E-state index in [0.29, 0.717) is 5.92 Å². The lowest BCUT2D eigenvalue weighted by Crippen LogP contribution is -2.12. The second kappa shape index (κ2) is 5.29. The van der Waals surface area contributed by atoms with Crippen LogP contribution in [0.3, 0.4) is 0 Å². The molecule has 2 aromatic carbocycles. The van der Waals surface area contributed by atoms with E-state index >= 15 is 0 Å². The second-order valence-electron chi connectivity index (χ2n) is 5.76. The second-order valence-corrected chi connectivity index (χ2v) is 5.76. The van der Waals surface area contributed by atoms with E-state index in [1.807, 2.05) is 6.07 Å². The van der Waals surface area contributed by atoms with Gasteiger partial charge in [-0.3, -0.25) is 0 Å².